The highest BCUT2D eigenvalue weighted by molar-refractivity contribution is 5.74. The number of hydrogen-bond acceptors (Lipinski definition) is 2. The van der Waals surface area contributed by atoms with Gasteiger partial charge in [-0.2, -0.15) is 0 Å². The first-order chi connectivity index (χ1) is 15.2. The van der Waals surface area contributed by atoms with Crippen molar-refractivity contribution in [2.45, 2.75) is 82.2 Å². The standard InChI is InChI=1S/C23H27N3.3C2H6/c1-8-9-18-10-11-20-19(12-18)17(3)25(7)14-21-22(24-15-26(20)21)16(2)13-23(4,5)6;3*1-2/h10-12,15H,2-3,13-14H2,1,4-7H3;3*1-2H3. The molecule has 3 nitrogen and oxygen atoms in total. The summed E-state index contributed by atoms with van der Waals surface area (Å²) in [7, 11) is 2.07. The summed E-state index contributed by atoms with van der Waals surface area (Å²) in [6.45, 7) is 29.9. The smallest absolute Gasteiger partial charge is 0.100 e. The summed E-state index contributed by atoms with van der Waals surface area (Å²) in [5.74, 6) is 6.11. The molecule has 0 spiro atoms. The van der Waals surface area contributed by atoms with Gasteiger partial charge >= 0.3 is 0 Å². The third-order valence-electron chi connectivity index (χ3n) is 4.63. The Labute approximate surface area is 198 Å². The average Bonchev–Trinajstić information content (AvgIpc) is 3.16. The first kappa shape index (κ1) is 29.3. The van der Waals surface area contributed by atoms with Crippen LogP contribution in [-0.4, -0.2) is 21.5 Å². The van der Waals surface area contributed by atoms with E-state index in [1.807, 2.05) is 54.8 Å². The van der Waals surface area contributed by atoms with Crippen LogP contribution in [0, 0.1) is 17.3 Å². The molecule has 1 aliphatic rings. The van der Waals surface area contributed by atoms with E-state index in [4.69, 9.17) is 4.98 Å². The molecule has 2 heterocycles. The quantitative estimate of drug-likeness (QED) is 0.443. The van der Waals surface area contributed by atoms with E-state index < -0.39 is 0 Å². The highest BCUT2D eigenvalue weighted by Crippen LogP contribution is 2.35. The van der Waals surface area contributed by atoms with Crippen LogP contribution in [-0.2, 0) is 6.54 Å². The Morgan fingerprint density at radius 1 is 1.09 bits per heavy atom. The van der Waals surface area contributed by atoms with Gasteiger partial charge in [-0.25, -0.2) is 4.98 Å². The lowest BCUT2D eigenvalue weighted by molar-refractivity contribution is 0.426. The molecule has 0 N–H and O–H groups in total. The predicted octanol–water partition coefficient (Wildman–Crippen LogP) is 8.19. The number of aromatic nitrogens is 2. The minimum absolute atomic E-state index is 0.180. The second kappa shape index (κ2) is 13.6. The molecule has 0 bridgehead atoms. The van der Waals surface area contributed by atoms with Gasteiger partial charge in [0.2, 0.25) is 0 Å². The van der Waals surface area contributed by atoms with Gasteiger partial charge in [-0.1, -0.05) is 81.4 Å². The molecule has 0 amide bonds. The maximum Gasteiger partial charge on any atom is 0.100 e. The summed E-state index contributed by atoms with van der Waals surface area (Å²) in [5, 5.41) is 0. The lowest BCUT2D eigenvalue weighted by Crippen LogP contribution is -2.16. The topological polar surface area (TPSA) is 21.1 Å². The van der Waals surface area contributed by atoms with E-state index in [9.17, 15) is 0 Å². The summed E-state index contributed by atoms with van der Waals surface area (Å²) in [4.78, 5) is 6.90. The Kier molecular flexibility index (Phi) is 12.5. The van der Waals surface area contributed by atoms with Crippen LogP contribution in [0.25, 0.3) is 17.0 Å². The molecule has 0 saturated carbocycles. The fourth-order valence-electron chi connectivity index (χ4n) is 3.48. The van der Waals surface area contributed by atoms with Gasteiger partial charge in [0, 0.05) is 23.9 Å². The zero-order valence-corrected chi connectivity index (χ0v) is 22.5. The van der Waals surface area contributed by atoms with Gasteiger partial charge in [0.15, 0.2) is 0 Å². The van der Waals surface area contributed by atoms with Gasteiger partial charge in [0.1, 0.15) is 6.33 Å². The van der Waals surface area contributed by atoms with Gasteiger partial charge in [-0.3, -0.25) is 0 Å². The summed E-state index contributed by atoms with van der Waals surface area (Å²) in [5.41, 5.74) is 7.62. The maximum absolute atomic E-state index is 4.72. The fraction of sp³-hybridized carbons (Fsp3) is 0.483. The Hall–Kier alpha value is -2.73. The second-order valence-corrected chi connectivity index (χ2v) is 8.16. The molecular weight excluding hydrogens is 390 g/mol. The van der Waals surface area contributed by atoms with Crippen LogP contribution in [0.4, 0.5) is 0 Å². The highest BCUT2D eigenvalue weighted by atomic mass is 15.2. The zero-order chi connectivity index (χ0) is 25.1. The Morgan fingerprint density at radius 3 is 2.22 bits per heavy atom. The molecule has 32 heavy (non-hydrogen) atoms. The molecule has 1 aliphatic heterocycles. The molecule has 1 aromatic heterocycles. The van der Waals surface area contributed by atoms with Crippen LogP contribution in [0.1, 0.15) is 98.2 Å². The van der Waals surface area contributed by atoms with Crippen LogP contribution in [0.15, 0.2) is 37.7 Å². The number of rotatable bonds is 2. The number of benzene rings is 1. The SMILES string of the molecule is C=C(CC(C)(C)C)c1ncn2c1CN(C)C(=C)c1cc(C#CC)ccc1-2.CC.CC.CC. The van der Waals surface area contributed by atoms with Crippen molar-refractivity contribution >= 4 is 11.3 Å². The summed E-state index contributed by atoms with van der Waals surface area (Å²) in [6, 6.07) is 6.28. The van der Waals surface area contributed by atoms with Crippen molar-refractivity contribution in [2.75, 3.05) is 7.05 Å². The molecule has 176 valence electrons. The molecule has 2 aromatic rings. The van der Waals surface area contributed by atoms with E-state index >= 15 is 0 Å². The van der Waals surface area contributed by atoms with E-state index in [2.05, 4.69) is 80.5 Å². The van der Waals surface area contributed by atoms with Gasteiger partial charge in [0.05, 0.1) is 23.6 Å². The molecule has 0 aliphatic carbocycles. The van der Waals surface area contributed by atoms with Gasteiger partial charge in [-0.05, 0) is 42.5 Å². The largest absolute Gasteiger partial charge is 0.369 e. The van der Waals surface area contributed by atoms with Crippen molar-refractivity contribution in [1.82, 2.24) is 14.5 Å². The van der Waals surface area contributed by atoms with E-state index in [1.54, 1.807) is 0 Å². The van der Waals surface area contributed by atoms with Crippen molar-refractivity contribution in [2.24, 2.45) is 5.41 Å². The minimum Gasteiger partial charge on any atom is -0.369 e. The number of imidazole rings is 1. The predicted molar refractivity (Wildman–Crippen MR) is 144 cm³/mol. The lowest BCUT2D eigenvalue weighted by Gasteiger charge is -2.21. The van der Waals surface area contributed by atoms with Crippen LogP contribution in [0.2, 0.25) is 0 Å². The van der Waals surface area contributed by atoms with Crippen LogP contribution in [0.3, 0.4) is 0 Å². The van der Waals surface area contributed by atoms with Crippen molar-refractivity contribution < 1.29 is 0 Å². The fourth-order valence-corrected chi connectivity index (χ4v) is 3.48. The average molecular weight is 436 g/mol. The molecule has 0 saturated heterocycles. The highest BCUT2D eigenvalue weighted by Gasteiger charge is 2.25. The van der Waals surface area contributed by atoms with E-state index in [-0.39, 0.29) is 5.41 Å². The van der Waals surface area contributed by atoms with Crippen LogP contribution < -0.4 is 0 Å². The summed E-state index contributed by atoms with van der Waals surface area (Å²) < 4.78 is 2.18. The number of hydrogen-bond donors (Lipinski definition) is 0. The number of nitrogens with zero attached hydrogens (tertiary/aromatic N) is 3. The third kappa shape index (κ3) is 7.16. The maximum atomic E-state index is 4.72. The molecule has 1 aromatic carbocycles. The Balaban J connectivity index is 0.00000148. The molecule has 0 fully saturated rings. The monoisotopic (exact) mass is 435 g/mol. The first-order valence-electron chi connectivity index (χ1n) is 11.9. The molecule has 0 radical (unpaired) electrons. The van der Waals surface area contributed by atoms with Gasteiger partial charge < -0.3 is 9.47 Å². The molecule has 0 atom stereocenters. The normalized spacial score (nSPS) is 11.5. The van der Waals surface area contributed by atoms with Gasteiger partial charge in [0.25, 0.3) is 0 Å². The van der Waals surface area contributed by atoms with Crippen molar-refractivity contribution in [1.29, 1.82) is 0 Å². The second-order valence-electron chi connectivity index (χ2n) is 8.16. The number of fused-ring (bicyclic) bond motifs is 3. The third-order valence-corrected chi connectivity index (χ3v) is 4.63. The van der Waals surface area contributed by atoms with E-state index in [0.717, 1.165) is 52.4 Å². The number of allylic oxidation sites excluding steroid dienone is 1. The Bertz CT molecular complexity index is 943. The van der Waals surface area contributed by atoms with Crippen LogP contribution >= 0.6 is 0 Å². The van der Waals surface area contributed by atoms with E-state index in [0.29, 0.717) is 0 Å². The summed E-state index contributed by atoms with van der Waals surface area (Å²) >= 11 is 0. The van der Waals surface area contributed by atoms with Crippen molar-refractivity contribution in [3.8, 4) is 17.5 Å². The van der Waals surface area contributed by atoms with Gasteiger partial charge in [-0.15, -0.1) is 5.92 Å². The minimum atomic E-state index is 0.180. The van der Waals surface area contributed by atoms with Crippen LogP contribution in [0.5, 0.6) is 0 Å². The Morgan fingerprint density at radius 2 is 1.69 bits per heavy atom. The van der Waals surface area contributed by atoms with Crippen molar-refractivity contribution in [3.05, 3.63) is 60.2 Å². The molecular formula is C29H45N3. The molecule has 3 heteroatoms. The summed E-state index contributed by atoms with van der Waals surface area (Å²) in [6.07, 6.45) is 2.83. The first-order valence-corrected chi connectivity index (χ1v) is 11.9. The van der Waals surface area contributed by atoms with E-state index in [1.165, 1.54) is 0 Å². The lowest BCUT2D eigenvalue weighted by atomic mass is 9.87. The molecule has 0 unspecified atom stereocenters. The molecule has 3 rings (SSSR count). The zero-order valence-electron chi connectivity index (χ0n) is 22.5. The van der Waals surface area contributed by atoms with Crippen molar-refractivity contribution in [3.63, 3.8) is 0 Å².